The fraction of sp³-hybridized carbons (Fsp3) is 0.625. The SMILES string of the molecule is C[C@]12CC[C@H](O)CC1=CC[C@H]1[C@@H]2CC[C@]2(C)C(c3cccnc3)=CC[C@@H]12. The van der Waals surface area contributed by atoms with Gasteiger partial charge in [0.05, 0.1) is 6.10 Å². The van der Waals surface area contributed by atoms with Crippen LogP contribution < -0.4 is 0 Å². The molecule has 0 amide bonds. The third kappa shape index (κ3) is 2.24. The minimum atomic E-state index is -0.106. The molecule has 4 aliphatic carbocycles. The van der Waals surface area contributed by atoms with E-state index < -0.39 is 0 Å². The van der Waals surface area contributed by atoms with Gasteiger partial charge in [-0.3, -0.25) is 4.98 Å². The van der Waals surface area contributed by atoms with Crippen LogP contribution in [0.5, 0.6) is 0 Å². The number of fused-ring (bicyclic) bond motifs is 5. The maximum atomic E-state index is 10.2. The van der Waals surface area contributed by atoms with E-state index in [0.717, 1.165) is 30.6 Å². The molecule has 0 spiro atoms. The molecule has 138 valence electrons. The zero-order valence-electron chi connectivity index (χ0n) is 16.1. The fourth-order valence-corrected chi connectivity index (χ4v) is 7.18. The number of aliphatic hydroxyl groups excluding tert-OH is 1. The van der Waals surface area contributed by atoms with Gasteiger partial charge < -0.3 is 5.11 Å². The zero-order valence-corrected chi connectivity index (χ0v) is 16.1. The Kier molecular flexibility index (Phi) is 3.73. The van der Waals surface area contributed by atoms with Crippen LogP contribution in [0.4, 0.5) is 0 Å². The van der Waals surface area contributed by atoms with Gasteiger partial charge >= 0.3 is 0 Å². The molecule has 1 heterocycles. The monoisotopic (exact) mass is 349 g/mol. The van der Waals surface area contributed by atoms with Crippen LogP contribution in [-0.4, -0.2) is 16.2 Å². The lowest BCUT2D eigenvalue weighted by Gasteiger charge is -2.57. The number of nitrogens with zero attached hydrogens (tertiary/aromatic N) is 1. The van der Waals surface area contributed by atoms with Crippen molar-refractivity contribution >= 4 is 5.57 Å². The molecule has 0 aliphatic heterocycles. The van der Waals surface area contributed by atoms with Gasteiger partial charge in [0, 0.05) is 12.4 Å². The Balaban J connectivity index is 1.48. The van der Waals surface area contributed by atoms with E-state index in [4.69, 9.17) is 0 Å². The summed E-state index contributed by atoms with van der Waals surface area (Å²) in [6.45, 7) is 5.03. The first kappa shape index (κ1) is 16.7. The molecule has 2 heteroatoms. The van der Waals surface area contributed by atoms with Crippen molar-refractivity contribution in [3.05, 3.63) is 47.8 Å². The molecule has 0 bridgehead atoms. The molecule has 5 rings (SSSR count). The third-order valence-electron chi connectivity index (χ3n) is 8.63. The first-order valence-electron chi connectivity index (χ1n) is 10.5. The summed E-state index contributed by atoms with van der Waals surface area (Å²) >= 11 is 0. The fourth-order valence-electron chi connectivity index (χ4n) is 7.18. The largest absolute Gasteiger partial charge is 0.393 e. The van der Waals surface area contributed by atoms with Gasteiger partial charge in [-0.05, 0) is 90.7 Å². The van der Waals surface area contributed by atoms with E-state index >= 15 is 0 Å². The van der Waals surface area contributed by atoms with Gasteiger partial charge in [-0.1, -0.05) is 37.6 Å². The summed E-state index contributed by atoms with van der Waals surface area (Å²) in [5.74, 6) is 2.36. The van der Waals surface area contributed by atoms with E-state index in [1.54, 1.807) is 11.1 Å². The molecule has 2 fully saturated rings. The van der Waals surface area contributed by atoms with Crippen molar-refractivity contribution in [3.63, 3.8) is 0 Å². The topological polar surface area (TPSA) is 33.1 Å². The number of aliphatic hydroxyl groups is 1. The van der Waals surface area contributed by atoms with Crippen LogP contribution in [0.1, 0.15) is 64.4 Å². The lowest BCUT2D eigenvalue weighted by Crippen LogP contribution is -2.49. The van der Waals surface area contributed by atoms with Crippen LogP contribution in [0, 0.1) is 28.6 Å². The highest BCUT2D eigenvalue weighted by atomic mass is 16.3. The van der Waals surface area contributed by atoms with Gasteiger partial charge in [0.15, 0.2) is 0 Å². The average Bonchev–Trinajstić information content (AvgIpc) is 3.00. The summed E-state index contributed by atoms with van der Waals surface area (Å²) in [7, 11) is 0. The van der Waals surface area contributed by atoms with Crippen molar-refractivity contribution in [2.24, 2.45) is 28.6 Å². The Labute approximate surface area is 157 Å². The predicted octanol–water partition coefficient (Wildman–Crippen LogP) is 5.40. The van der Waals surface area contributed by atoms with Crippen molar-refractivity contribution in [2.45, 2.75) is 64.9 Å². The summed E-state index contributed by atoms with van der Waals surface area (Å²) < 4.78 is 0. The average molecular weight is 350 g/mol. The maximum Gasteiger partial charge on any atom is 0.0577 e. The molecular formula is C24H31NO. The van der Waals surface area contributed by atoms with Gasteiger partial charge in [-0.15, -0.1) is 0 Å². The molecule has 26 heavy (non-hydrogen) atoms. The number of rotatable bonds is 1. The molecule has 1 aromatic rings. The summed E-state index contributed by atoms with van der Waals surface area (Å²) in [5.41, 5.74) is 5.09. The van der Waals surface area contributed by atoms with Gasteiger partial charge in [0.2, 0.25) is 0 Å². The molecule has 2 nitrogen and oxygen atoms in total. The quantitative estimate of drug-likeness (QED) is 0.689. The lowest BCUT2D eigenvalue weighted by molar-refractivity contribution is -0.0238. The van der Waals surface area contributed by atoms with Gasteiger partial charge in [-0.25, -0.2) is 0 Å². The molecule has 1 N–H and O–H groups in total. The van der Waals surface area contributed by atoms with E-state index in [2.05, 4.69) is 43.1 Å². The van der Waals surface area contributed by atoms with Crippen LogP contribution >= 0.6 is 0 Å². The van der Waals surface area contributed by atoms with E-state index in [1.165, 1.54) is 37.7 Å². The molecule has 0 saturated heterocycles. The van der Waals surface area contributed by atoms with Crippen LogP contribution in [-0.2, 0) is 0 Å². The van der Waals surface area contributed by atoms with Crippen molar-refractivity contribution in [2.75, 3.05) is 0 Å². The second-order valence-electron chi connectivity index (χ2n) is 9.71. The van der Waals surface area contributed by atoms with Gasteiger partial charge in [0.1, 0.15) is 0 Å². The summed E-state index contributed by atoms with van der Waals surface area (Å²) in [5, 5.41) is 10.2. The molecule has 2 saturated carbocycles. The van der Waals surface area contributed by atoms with Crippen molar-refractivity contribution in [1.82, 2.24) is 4.98 Å². The van der Waals surface area contributed by atoms with Crippen molar-refractivity contribution in [1.29, 1.82) is 0 Å². The first-order chi connectivity index (χ1) is 12.5. The molecule has 0 aromatic carbocycles. The van der Waals surface area contributed by atoms with Crippen LogP contribution in [0.15, 0.2) is 42.3 Å². The summed E-state index contributed by atoms with van der Waals surface area (Å²) in [6, 6.07) is 4.31. The Morgan fingerprint density at radius 1 is 1.04 bits per heavy atom. The lowest BCUT2D eigenvalue weighted by atomic mass is 9.47. The summed E-state index contributed by atoms with van der Waals surface area (Å²) in [6.07, 6.45) is 17.0. The van der Waals surface area contributed by atoms with E-state index in [1.807, 2.05) is 12.4 Å². The maximum absolute atomic E-state index is 10.2. The Morgan fingerprint density at radius 3 is 2.69 bits per heavy atom. The van der Waals surface area contributed by atoms with Gasteiger partial charge in [-0.2, -0.15) is 0 Å². The van der Waals surface area contributed by atoms with Crippen LogP contribution in [0.25, 0.3) is 5.57 Å². The smallest absolute Gasteiger partial charge is 0.0577 e. The predicted molar refractivity (Wildman–Crippen MR) is 105 cm³/mol. The normalized spacial score (nSPS) is 44.4. The first-order valence-corrected chi connectivity index (χ1v) is 10.5. The zero-order chi connectivity index (χ0) is 17.9. The molecular weight excluding hydrogens is 318 g/mol. The second-order valence-corrected chi connectivity index (χ2v) is 9.71. The molecule has 4 aliphatic rings. The summed E-state index contributed by atoms with van der Waals surface area (Å²) in [4.78, 5) is 4.38. The third-order valence-corrected chi connectivity index (χ3v) is 8.63. The van der Waals surface area contributed by atoms with Crippen molar-refractivity contribution < 1.29 is 5.11 Å². The Hall–Kier alpha value is -1.41. The number of hydrogen-bond donors (Lipinski definition) is 1. The van der Waals surface area contributed by atoms with Crippen molar-refractivity contribution in [3.8, 4) is 0 Å². The van der Waals surface area contributed by atoms with E-state index in [-0.39, 0.29) is 6.10 Å². The minimum Gasteiger partial charge on any atom is -0.393 e. The van der Waals surface area contributed by atoms with Gasteiger partial charge in [0.25, 0.3) is 0 Å². The van der Waals surface area contributed by atoms with E-state index in [0.29, 0.717) is 10.8 Å². The highest BCUT2D eigenvalue weighted by Gasteiger charge is 2.56. The van der Waals surface area contributed by atoms with Crippen LogP contribution in [0.3, 0.4) is 0 Å². The number of pyridine rings is 1. The Morgan fingerprint density at radius 2 is 1.88 bits per heavy atom. The molecule has 1 aromatic heterocycles. The number of hydrogen-bond acceptors (Lipinski definition) is 2. The van der Waals surface area contributed by atoms with Crippen LogP contribution in [0.2, 0.25) is 0 Å². The molecule has 0 unspecified atom stereocenters. The standard InChI is InChI=1S/C24H31NO/c1-23-11-9-18(26)14-17(23)5-6-19-21-8-7-20(16-4-3-13-25-15-16)24(21,2)12-10-22(19)23/h3-5,7,13,15,18-19,21-22,26H,6,8-12,14H2,1-2H3/t18-,19+,21-,22-,23-,24+/m0/s1. The highest BCUT2D eigenvalue weighted by molar-refractivity contribution is 5.72. The number of allylic oxidation sites excluding steroid dienone is 3. The highest BCUT2D eigenvalue weighted by Crippen LogP contribution is 2.66. The second kappa shape index (κ2) is 5.79. The number of aromatic nitrogens is 1. The Bertz CT molecular complexity index is 766. The minimum absolute atomic E-state index is 0.106. The molecule has 6 atom stereocenters. The molecule has 0 radical (unpaired) electrons. The van der Waals surface area contributed by atoms with E-state index in [9.17, 15) is 5.11 Å².